The lowest BCUT2D eigenvalue weighted by Crippen LogP contribution is -2.15. The first-order valence-electron chi connectivity index (χ1n) is 12.2. The van der Waals surface area contributed by atoms with Gasteiger partial charge in [-0.1, -0.05) is 0 Å². The van der Waals surface area contributed by atoms with Crippen LogP contribution in [-0.4, -0.2) is 55.5 Å². The van der Waals surface area contributed by atoms with Crippen molar-refractivity contribution < 1.29 is 37.3 Å². The summed E-state index contributed by atoms with van der Waals surface area (Å²) in [7, 11) is -0.0757. The molecule has 0 saturated carbocycles. The van der Waals surface area contributed by atoms with Gasteiger partial charge in [-0.15, -0.1) is 0 Å². The highest BCUT2D eigenvalue weighted by Crippen LogP contribution is 2.38. The van der Waals surface area contributed by atoms with E-state index in [1.54, 1.807) is 12.1 Å². The summed E-state index contributed by atoms with van der Waals surface area (Å²) >= 11 is 0. The molecule has 0 bridgehead atoms. The van der Waals surface area contributed by atoms with Gasteiger partial charge >= 0.3 is 17.4 Å². The summed E-state index contributed by atoms with van der Waals surface area (Å²) in [6.07, 6.45) is 0. The molecule has 4 rings (SSSR count). The second kappa shape index (κ2) is 12.9. The third-order valence-electron chi connectivity index (χ3n) is 5.85. The maximum Gasteiger partial charge on any atom is 0.321 e. The minimum Gasteiger partial charge on any atom is -0.497 e. The largest absolute Gasteiger partial charge is 0.497 e. The van der Waals surface area contributed by atoms with E-state index in [-0.39, 0.29) is 33.9 Å². The van der Waals surface area contributed by atoms with Crippen LogP contribution in [0.5, 0.6) is 17.6 Å². The highest BCUT2D eigenvalue weighted by molar-refractivity contribution is 7.92. The van der Waals surface area contributed by atoms with Crippen molar-refractivity contribution in [3.05, 3.63) is 92.5 Å². The maximum absolute atomic E-state index is 13.0. The number of carbonyl (C=O) groups is 1. The summed E-state index contributed by atoms with van der Waals surface area (Å²) in [5, 5.41) is 28.8. The van der Waals surface area contributed by atoms with E-state index < -0.39 is 42.8 Å². The third-order valence-corrected chi connectivity index (χ3v) is 7.22. The van der Waals surface area contributed by atoms with E-state index >= 15 is 0 Å². The van der Waals surface area contributed by atoms with Crippen LogP contribution in [0.15, 0.2) is 71.6 Å². The molecule has 18 heteroatoms. The van der Waals surface area contributed by atoms with Crippen molar-refractivity contribution in [3.63, 3.8) is 0 Å². The van der Waals surface area contributed by atoms with Crippen LogP contribution >= 0.6 is 0 Å². The molecule has 44 heavy (non-hydrogen) atoms. The lowest BCUT2D eigenvalue weighted by Gasteiger charge is -2.12. The number of methoxy groups -OCH3 is 3. The van der Waals surface area contributed by atoms with Crippen LogP contribution in [0.25, 0.3) is 0 Å². The lowest BCUT2D eigenvalue weighted by molar-refractivity contribution is -0.392. The Hall–Kier alpha value is -6.04. The van der Waals surface area contributed by atoms with E-state index in [2.05, 4.69) is 25.3 Å². The molecule has 0 aliphatic carbocycles. The first-order chi connectivity index (χ1) is 20.9. The fourth-order valence-electron chi connectivity index (χ4n) is 3.75. The van der Waals surface area contributed by atoms with Gasteiger partial charge in [0.15, 0.2) is 11.5 Å². The smallest absolute Gasteiger partial charge is 0.321 e. The molecule has 17 nitrogen and oxygen atoms in total. The van der Waals surface area contributed by atoms with Gasteiger partial charge in [-0.25, -0.2) is 8.42 Å². The Balaban J connectivity index is 1.57. The van der Waals surface area contributed by atoms with Crippen LogP contribution in [0.4, 0.5) is 34.3 Å². The number of benzene rings is 3. The number of rotatable bonds is 12. The standard InChI is InChI=1S/C26H23N7O10S/c1-41-18-8-4-16(5-9-18)27-24-20(32(35)36)12-15(13-21(24)33(37)38)25(34)28-17-6-10-19(11-7-17)44(39,40)31-22-14-23(42-2)30-26(29-22)43-3/h4-14,27H,1-3H3,(H,28,34)(H,29,30,31). The normalized spacial score (nSPS) is 10.8. The predicted octanol–water partition coefficient (Wildman–Crippen LogP) is 4.12. The van der Waals surface area contributed by atoms with E-state index in [4.69, 9.17) is 14.2 Å². The average Bonchev–Trinajstić information content (AvgIpc) is 3.00. The van der Waals surface area contributed by atoms with Crippen LogP contribution < -0.4 is 29.6 Å². The quantitative estimate of drug-likeness (QED) is 0.149. The van der Waals surface area contributed by atoms with Crippen LogP contribution in [0.2, 0.25) is 0 Å². The Bertz CT molecular complexity index is 1780. The lowest BCUT2D eigenvalue weighted by atomic mass is 10.1. The summed E-state index contributed by atoms with van der Waals surface area (Å²) in [5.74, 6) is -0.488. The molecule has 1 aromatic heterocycles. The van der Waals surface area contributed by atoms with E-state index in [9.17, 15) is 33.4 Å². The molecule has 4 aromatic rings. The number of nitro groups is 2. The van der Waals surface area contributed by atoms with Gasteiger partial charge in [-0.2, -0.15) is 9.97 Å². The summed E-state index contributed by atoms with van der Waals surface area (Å²) in [5.41, 5.74) is -1.84. The van der Waals surface area contributed by atoms with Crippen molar-refractivity contribution in [3.8, 4) is 17.6 Å². The third kappa shape index (κ3) is 7.05. The van der Waals surface area contributed by atoms with E-state index in [1.807, 2.05) is 0 Å². The van der Waals surface area contributed by atoms with Crippen LogP contribution in [-0.2, 0) is 10.0 Å². The molecule has 1 heterocycles. The molecule has 3 N–H and O–H groups in total. The number of ether oxygens (including phenoxy) is 3. The molecule has 0 radical (unpaired) electrons. The summed E-state index contributed by atoms with van der Waals surface area (Å²) in [4.78, 5) is 42.6. The van der Waals surface area contributed by atoms with Gasteiger partial charge in [0.05, 0.1) is 41.6 Å². The van der Waals surface area contributed by atoms with Crippen molar-refractivity contribution in [2.45, 2.75) is 4.90 Å². The highest BCUT2D eigenvalue weighted by atomic mass is 32.2. The number of anilines is 4. The van der Waals surface area contributed by atoms with Crippen molar-refractivity contribution in [1.82, 2.24) is 9.97 Å². The summed E-state index contributed by atoms with van der Waals surface area (Å²) in [6.45, 7) is 0. The topological polar surface area (TPSA) is 227 Å². The molecule has 3 aromatic carbocycles. The molecule has 1 amide bonds. The number of hydrogen-bond donors (Lipinski definition) is 3. The first-order valence-corrected chi connectivity index (χ1v) is 13.7. The average molecular weight is 626 g/mol. The molecule has 0 spiro atoms. The van der Waals surface area contributed by atoms with Gasteiger partial charge in [-0.05, 0) is 48.5 Å². The van der Waals surface area contributed by atoms with Crippen LogP contribution in [0.3, 0.4) is 0 Å². The number of amides is 1. The fourth-order valence-corrected chi connectivity index (χ4v) is 4.74. The van der Waals surface area contributed by atoms with E-state index in [0.29, 0.717) is 11.4 Å². The van der Waals surface area contributed by atoms with Gasteiger partial charge < -0.3 is 24.8 Å². The number of nitro benzene ring substituents is 2. The van der Waals surface area contributed by atoms with Gasteiger partial charge in [-0.3, -0.25) is 29.7 Å². The van der Waals surface area contributed by atoms with Gasteiger partial charge in [0.2, 0.25) is 5.88 Å². The first kappa shape index (κ1) is 30.9. The number of nitrogens with zero attached hydrogens (tertiary/aromatic N) is 4. The van der Waals surface area contributed by atoms with E-state index in [0.717, 1.165) is 12.1 Å². The predicted molar refractivity (Wildman–Crippen MR) is 156 cm³/mol. The Morgan fingerprint density at radius 3 is 1.91 bits per heavy atom. The van der Waals surface area contributed by atoms with Crippen molar-refractivity contribution >= 4 is 50.2 Å². The van der Waals surface area contributed by atoms with E-state index in [1.165, 1.54) is 63.8 Å². The molecule has 0 aliphatic heterocycles. The summed E-state index contributed by atoms with van der Waals surface area (Å²) in [6, 6.07) is 13.9. The summed E-state index contributed by atoms with van der Waals surface area (Å²) < 4.78 is 43.0. The van der Waals surface area contributed by atoms with Gasteiger partial charge in [0.25, 0.3) is 15.9 Å². The van der Waals surface area contributed by atoms with Gasteiger partial charge in [0.1, 0.15) is 5.75 Å². The Morgan fingerprint density at radius 1 is 0.795 bits per heavy atom. The number of nitrogens with one attached hydrogen (secondary N) is 3. The Kier molecular flexibility index (Phi) is 9.03. The zero-order valence-electron chi connectivity index (χ0n) is 23.1. The molecular formula is C26H23N7O10S. The SMILES string of the molecule is COc1ccc(Nc2c([N+](=O)[O-])cc(C(=O)Nc3ccc(S(=O)(=O)Nc4cc(OC)nc(OC)n4)cc3)cc2[N+](=O)[O-])cc1. The van der Waals surface area contributed by atoms with Crippen molar-refractivity contribution in [1.29, 1.82) is 0 Å². The van der Waals surface area contributed by atoms with Crippen molar-refractivity contribution in [2.75, 3.05) is 36.7 Å². The molecule has 228 valence electrons. The maximum atomic E-state index is 13.0. The molecule has 0 fully saturated rings. The number of hydrogen-bond acceptors (Lipinski definition) is 13. The molecule has 0 atom stereocenters. The number of sulfonamides is 1. The fraction of sp³-hybridized carbons (Fsp3) is 0.115. The Labute approximate surface area is 249 Å². The minimum atomic E-state index is -4.15. The Morgan fingerprint density at radius 2 is 1.39 bits per heavy atom. The minimum absolute atomic E-state index is 0.0534. The van der Waals surface area contributed by atoms with Crippen LogP contribution in [0, 0.1) is 20.2 Å². The van der Waals surface area contributed by atoms with Gasteiger partial charge in [0, 0.05) is 29.6 Å². The molecule has 0 unspecified atom stereocenters. The van der Waals surface area contributed by atoms with Crippen molar-refractivity contribution in [2.24, 2.45) is 0 Å². The number of aromatic nitrogens is 2. The molecule has 0 aliphatic rings. The number of carbonyl (C=O) groups excluding carboxylic acids is 1. The highest BCUT2D eigenvalue weighted by Gasteiger charge is 2.29. The second-order valence-corrected chi connectivity index (χ2v) is 10.3. The zero-order chi connectivity index (χ0) is 32.0. The monoisotopic (exact) mass is 625 g/mol. The molecular weight excluding hydrogens is 602 g/mol. The van der Waals surface area contributed by atoms with Crippen LogP contribution in [0.1, 0.15) is 10.4 Å². The molecule has 0 saturated heterocycles. The second-order valence-electron chi connectivity index (χ2n) is 8.62. The zero-order valence-corrected chi connectivity index (χ0v) is 23.9.